The van der Waals surface area contributed by atoms with E-state index in [9.17, 15) is 27.5 Å². The molecule has 2 N–H and O–H groups in total. The number of alkyl halides is 3. The molecule has 2 fully saturated rings. The number of aromatic nitrogens is 2. The molecule has 3 atom stereocenters. The van der Waals surface area contributed by atoms with Gasteiger partial charge in [-0.05, 0) is 105 Å². The summed E-state index contributed by atoms with van der Waals surface area (Å²) in [6, 6.07) is 9.92. The van der Waals surface area contributed by atoms with Crippen molar-refractivity contribution < 1.29 is 27.5 Å². The summed E-state index contributed by atoms with van der Waals surface area (Å²) in [6.07, 6.45) is -0.771. The Hall–Kier alpha value is -2.94. The predicted molar refractivity (Wildman–Crippen MR) is 125 cm³/mol. The van der Waals surface area contributed by atoms with Crippen LogP contribution in [0.2, 0.25) is 0 Å². The lowest BCUT2D eigenvalue weighted by molar-refractivity contribution is -0.278. The van der Waals surface area contributed by atoms with Gasteiger partial charge in [-0.15, -0.1) is 0 Å². The maximum atomic E-state index is 13.8. The topological polar surface area (TPSA) is 67.2 Å². The molecule has 0 bridgehead atoms. The van der Waals surface area contributed by atoms with Gasteiger partial charge in [-0.2, -0.15) is 18.3 Å². The Kier molecular flexibility index (Phi) is 5.23. The minimum atomic E-state index is -4.75. The zero-order chi connectivity index (χ0) is 25.3. The van der Waals surface area contributed by atoms with Gasteiger partial charge in [0.25, 0.3) is 0 Å². The zero-order valence-electron chi connectivity index (χ0n) is 19.6. The predicted octanol–water partition coefficient (Wildman–Crippen LogP) is 5.11. The van der Waals surface area contributed by atoms with E-state index >= 15 is 0 Å². The van der Waals surface area contributed by atoms with Crippen molar-refractivity contribution in [1.82, 2.24) is 15.1 Å². The third kappa shape index (κ3) is 3.62. The molecule has 0 radical (unpaired) electrons. The lowest BCUT2D eigenvalue weighted by Crippen LogP contribution is -2.59. The van der Waals surface area contributed by atoms with Crippen LogP contribution < -0.4 is 5.32 Å². The van der Waals surface area contributed by atoms with Gasteiger partial charge >= 0.3 is 6.18 Å². The van der Waals surface area contributed by atoms with Crippen molar-refractivity contribution >= 4 is 16.8 Å². The highest BCUT2D eigenvalue weighted by Crippen LogP contribution is 2.56. The second-order valence-electron chi connectivity index (χ2n) is 10.6. The molecule has 0 spiro atoms. The maximum absolute atomic E-state index is 13.8. The van der Waals surface area contributed by atoms with Gasteiger partial charge in [-0.1, -0.05) is 0 Å². The van der Waals surface area contributed by atoms with E-state index in [1.165, 1.54) is 12.1 Å². The van der Waals surface area contributed by atoms with Crippen molar-refractivity contribution in [3.63, 3.8) is 0 Å². The van der Waals surface area contributed by atoms with Crippen LogP contribution >= 0.6 is 0 Å². The van der Waals surface area contributed by atoms with Crippen LogP contribution in [-0.4, -0.2) is 38.6 Å². The molecule has 3 aromatic rings. The fourth-order valence-electron chi connectivity index (χ4n) is 6.28. The van der Waals surface area contributed by atoms with E-state index in [1.807, 2.05) is 12.1 Å². The first-order valence-corrected chi connectivity index (χ1v) is 12.5. The SMILES string of the molecule is O=C(NC1CC1)[C@]12CC[C@@](O)(C(F)(F)F)C[C@@H]1CCCc1cc3c(cnn3-c3ccc(F)cc3)cc12. The minimum Gasteiger partial charge on any atom is -0.380 e. The minimum absolute atomic E-state index is 0.0626. The highest BCUT2D eigenvalue weighted by Gasteiger charge is 2.63. The monoisotopic (exact) mass is 501 g/mol. The number of aryl methyl sites for hydroxylation is 1. The van der Waals surface area contributed by atoms with Crippen molar-refractivity contribution in [1.29, 1.82) is 0 Å². The van der Waals surface area contributed by atoms with Crippen molar-refractivity contribution in [2.24, 2.45) is 5.92 Å². The van der Waals surface area contributed by atoms with E-state index in [1.54, 1.807) is 23.0 Å². The van der Waals surface area contributed by atoms with E-state index < -0.39 is 36.0 Å². The van der Waals surface area contributed by atoms with Gasteiger partial charge in [-0.3, -0.25) is 4.79 Å². The molecule has 1 amide bonds. The van der Waals surface area contributed by atoms with E-state index in [0.717, 1.165) is 34.9 Å². The van der Waals surface area contributed by atoms with E-state index in [-0.39, 0.29) is 24.2 Å². The molecule has 6 rings (SSSR count). The van der Waals surface area contributed by atoms with E-state index in [4.69, 9.17) is 0 Å². The van der Waals surface area contributed by atoms with E-state index in [0.29, 0.717) is 24.9 Å². The third-order valence-corrected chi connectivity index (χ3v) is 8.40. The molecule has 190 valence electrons. The van der Waals surface area contributed by atoms with Crippen molar-refractivity contribution in [3.8, 4) is 5.69 Å². The number of nitrogens with zero attached hydrogens (tertiary/aromatic N) is 2. The van der Waals surface area contributed by atoms with Gasteiger partial charge in [0.05, 0.1) is 22.8 Å². The van der Waals surface area contributed by atoms with Gasteiger partial charge in [0.15, 0.2) is 5.60 Å². The Morgan fingerprint density at radius 3 is 2.56 bits per heavy atom. The van der Waals surface area contributed by atoms with Crippen molar-refractivity contribution in [3.05, 3.63) is 59.5 Å². The zero-order valence-corrected chi connectivity index (χ0v) is 19.6. The van der Waals surface area contributed by atoms with Crippen molar-refractivity contribution in [2.75, 3.05) is 0 Å². The number of carbonyl (C=O) groups excluding carboxylic acids is 1. The summed E-state index contributed by atoms with van der Waals surface area (Å²) in [7, 11) is 0. The number of benzene rings is 2. The largest absolute Gasteiger partial charge is 0.417 e. The van der Waals surface area contributed by atoms with Crippen LogP contribution in [0.15, 0.2) is 42.6 Å². The van der Waals surface area contributed by atoms with Crippen LogP contribution in [-0.2, 0) is 16.6 Å². The summed E-state index contributed by atoms with van der Waals surface area (Å²) in [4.78, 5) is 13.8. The third-order valence-electron chi connectivity index (χ3n) is 8.40. The molecule has 36 heavy (non-hydrogen) atoms. The molecular formula is C27H27F4N3O2. The average molecular weight is 502 g/mol. The highest BCUT2D eigenvalue weighted by atomic mass is 19.4. The number of rotatable bonds is 3. The number of fused-ring (bicyclic) bond motifs is 4. The first kappa shape index (κ1) is 23.5. The fraction of sp³-hybridized carbons (Fsp3) is 0.481. The van der Waals surface area contributed by atoms with Gasteiger partial charge < -0.3 is 10.4 Å². The van der Waals surface area contributed by atoms with Crippen LogP contribution in [0.5, 0.6) is 0 Å². The molecule has 1 aromatic heterocycles. The molecule has 3 aliphatic rings. The summed E-state index contributed by atoms with van der Waals surface area (Å²) < 4.78 is 56.7. The molecule has 0 unspecified atom stereocenters. The summed E-state index contributed by atoms with van der Waals surface area (Å²) >= 11 is 0. The average Bonchev–Trinajstić information content (AvgIpc) is 3.58. The number of nitrogens with one attached hydrogen (secondary N) is 1. The first-order valence-electron chi connectivity index (χ1n) is 12.5. The molecule has 1 heterocycles. The lowest BCUT2D eigenvalue weighted by atomic mass is 9.57. The highest BCUT2D eigenvalue weighted by molar-refractivity contribution is 5.92. The number of carbonyl (C=O) groups is 1. The van der Waals surface area contributed by atoms with Gasteiger partial charge in [0, 0.05) is 11.4 Å². The molecule has 0 aliphatic heterocycles. The Morgan fingerprint density at radius 1 is 1.11 bits per heavy atom. The Labute approximate surface area is 205 Å². The Morgan fingerprint density at radius 2 is 1.86 bits per heavy atom. The molecule has 9 heteroatoms. The quantitative estimate of drug-likeness (QED) is 0.490. The van der Waals surface area contributed by atoms with E-state index in [2.05, 4.69) is 10.4 Å². The summed E-state index contributed by atoms with van der Waals surface area (Å²) in [6.45, 7) is 0. The summed E-state index contributed by atoms with van der Waals surface area (Å²) in [5.41, 5.74) is -0.789. The maximum Gasteiger partial charge on any atom is 0.417 e. The number of amides is 1. The van der Waals surface area contributed by atoms with Gasteiger partial charge in [-0.25, -0.2) is 9.07 Å². The van der Waals surface area contributed by atoms with Crippen LogP contribution in [0.4, 0.5) is 17.6 Å². The molecule has 2 saturated carbocycles. The molecule has 3 aliphatic carbocycles. The Bertz CT molecular complexity index is 1330. The number of halogens is 4. The van der Waals surface area contributed by atoms with Crippen molar-refractivity contribution in [2.45, 2.75) is 74.6 Å². The second-order valence-corrected chi connectivity index (χ2v) is 10.6. The molecule has 5 nitrogen and oxygen atoms in total. The smallest absolute Gasteiger partial charge is 0.380 e. The van der Waals surface area contributed by atoms with Crippen LogP contribution in [0.25, 0.3) is 16.6 Å². The standard InChI is InChI=1S/C27H27F4N3O2/c28-19-4-8-21(9-5-19)34-23-13-16-2-1-3-18-14-25(36,27(29,30)31)10-11-26(18,24(35)33-20-6-7-20)22(16)12-17(23)15-32-34/h4-5,8-9,12-13,15,18,20,36H,1-3,6-7,10-11,14H2,(H,33,35)/t18-,25-,26+/m0/s1. The lowest BCUT2D eigenvalue weighted by Gasteiger charge is -2.49. The summed E-state index contributed by atoms with van der Waals surface area (Å²) in [5.74, 6) is -1.22. The summed E-state index contributed by atoms with van der Waals surface area (Å²) in [5, 5.41) is 18.9. The van der Waals surface area contributed by atoms with Crippen LogP contribution in [0.1, 0.15) is 56.1 Å². The number of aliphatic hydroxyl groups is 1. The number of hydrogen-bond acceptors (Lipinski definition) is 3. The molecule has 2 aromatic carbocycles. The van der Waals surface area contributed by atoms with Gasteiger partial charge in [0.2, 0.25) is 5.91 Å². The van der Waals surface area contributed by atoms with Gasteiger partial charge in [0.1, 0.15) is 5.82 Å². The molecule has 0 saturated heterocycles. The van der Waals surface area contributed by atoms with Crippen LogP contribution in [0, 0.1) is 11.7 Å². The normalized spacial score (nSPS) is 28.3. The number of hydrogen-bond donors (Lipinski definition) is 2. The first-order chi connectivity index (χ1) is 17.1. The molecular weight excluding hydrogens is 474 g/mol. The second kappa shape index (κ2) is 8.03. The Balaban J connectivity index is 1.49. The fourth-order valence-corrected chi connectivity index (χ4v) is 6.28. The van der Waals surface area contributed by atoms with Crippen LogP contribution in [0.3, 0.4) is 0 Å².